The van der Waals surface area contributed by atoms with E-state index in [1.165, 1.54) is 6.21 Å². The van der Waals surface area contributed by atoms with Crippen LogP contribution in [0.15, 0.2) is 24.4 Å². The maximum Gasteiger partial charge on any atom is 0.221 e. The number of anilines is 4. The molecule has 1 aromatic heterocycles. The zero-order valence-corrected chi connectivity index (χ0v) is 13.0. The number of aromatic nitrogens is 2. The molecule has 6 N–H and O–H groups in total. The number of nitrogens with zero attached hydrogens (tertiary/aromatic N) is 3. The van der Waals surface area contributed by atoms with Gasteiger partial charge in [-0.3, -0.25) is 0 Å². The lowest BCUT2D eigenvalue weighted by molar-refractivity contribution is 0.894. The number of rotatable bonds is 5. The molecule has 0 saturated carbocycles. The molecular formula is C17H17N7. The molecule has 0 spiro atoms. The zero-order valence-electron chi connectivity index (χ0n) is 13.0. The Hall–Kier alpha value is -3.58. The summed E-state index contributed by atoms with van der Waals surface area (Å²) in [5.74, 6) is 6.70. The summed E-state index contributed by atoms with van der Waals surface area (Å²) in [6.07, 6.45) is 4.55. The van der Waals surface area contributed by atoms with E-state index in [0.29, 0.717) is 41.2 Å². The number of nitrogens with one attached hydrogen (secondary N) is 2. The Morgan fingerprint density at radius 3 is 2.83 bits per heavy atom. The van der Waals surface area contributed by atoms with Crippen molar-refractivity contribution < 1.29 is 0 Å². The molecule has 1 heterocycles. The Morgan fingerprint density at radius 2 is 2.12 bits per heavy atom. The molecule has 1 aromatic carbocycles. The van der Waals surface area contributed by atoms with Gasteiger partial charge in [-0.1, -0.05) is 11.8 Å². The van der Waals surface area contributed by atoms with Gasteiger partial charge in [0.1, 0.15) is 5.82 Å². The number of nitrogens with two attached hydrogens (primary N) is 2. The molecule has 0 bridgehead atoms. The van der Waals surface area contributed by atoms with Crippen LogP contribution in [0.4, 0.5) is 23.1 Å². The minimum atomic E-state index is 0.167. The highest BCUT2D eigenvalue weighted by Crippen LogP contribution is 2.24. The lowest BCUT2D eigenvalue weighted by atomic mass is 10.1. The van der Waals surface area contributed by atoms with Gasteiger partial charge in [0.05, 0.1) is 17.3 Å². The normalized spacial score (nSPS) is 9.46. The molecule has 0 unspecified atom stereocenters. The Bertz CT molecular complexity index is 840. The predicted octanol–water partition coefficient (Wildman–Crippen LogP) is 2.43. The molecule has 0 radical (unpaired) electrons. The molecule has 0 aliphatic rings. The Labute approximate surface area is 140 Å². The number of nitrogen functional groups attached to an aromatic ring is 2. The van der Waals surface area contributed by atoms with Crippen molar-refractivity contribution in [1.29, 1.82) is 10.7 Å². The Balaban J connectivity index is 2.27. The average molecular weight is 319 g/mol. The van der Waals surface area contributed by atoms with Gasteiger partial charge in [0.25, 0.3) is 0 Å². The van der Waals surface area contributed by atoms with Gasteiger partial charge in [0, 0.05) is 36.5 Å². The van der Waals surface area contributed by atoms with Crippen molar-refractivity contribution in [2.75, 3.05) is 16.8 Å². The summed E-state index contributed by atoms with van der Waals surface area (Å²) in [5, 5.41) is 19.1. The smallest absolute Gasteiger partial charge is 0.221 e. The second-order valence-corrected chi connectivity index (χ2v) is 4.91. The Kier molecular flexibility index (Phi) is 5.71. The standard InChI is InChI=1S/C17H17N7/c18-7-4-2-1-3-5-12-9-14(10-13(11-19)16(12)20)23-15-6-8-22-17(21)24-15/h6,8-11,19H,1-2,4,20H2,(H3,21,22,23,24). The largest absolute Gasteiger partial charge is 0.397 e. The molecule has 2 aromatic rings. The molecule has 0 fully saturated rings. The van der Waals surface area contributed by atoms with Crippen molar-refractivity contribution >= 4 is 29.4 Å². The summed E-state index contributed by atoms with van der Waals surface area (Å²) >= 11 is 0. The first-order valence-corrected chi connectivity index (χ1v) is 7.29. The van der Waals surface area contributed by atoms with Crippen LogP contribution >= 0.6 is 0 Å². The maximum absolute atomic E-state index is 8.52. The van der Waals surface area contributed by atoms with E-state index in [1.54, 1.807) is 24.4 Å². The van der Waals surface area contributed by atoms with E-state index in [9.17, 15) is 0 Å². The first kappa shape index (κ1) is 16.8. The van der Waals surface area contributed by atoms with E-state index in [0.717, 1.165) is 6.42 Å². The molecular weight excluding hydrogens is 302 g/mol. The van der Waals surface area contributed by atoms with E-state index in [1.807, 2.05) is 0 Å². The third-order valence-corrected chi connectivity index (χ3v) is 3.13. The molecule has 0 saturated heterocycles. The average Bonchev–Trinajstić information content (AvgIpc) is 2.57. The first-order chi connectivity index (χ1) is 11.6. The molecule has 2 rings (SSSR count). The van der Waals surface area contributed by atoms with E-state index >= 15 is 0 Å². The van der Waals surface area contributed by atoms with Crippen molar-refractivity contribution in [3.8, 4) is 17.9 Å². The second-order valence-electron chi connectivity index (χ2n) is 4.91. The van der Waals surface area contributed by atoms with Crippen molar-refractivity contribution in [3.05, 3.63) is 35.5 Å². The van der Waals surface area contributed by atoms with Crippen LogP contribution in [-0.2, 0) is 0 Å². The van der Waals surface area contributed by atoms with Crippen molar-refractivity contribution in [2.45, 2.75) is 19.3 Å². The number of unbranched alkanes of at least 4 members (excludes halogenated alkanes) is 2. The van der Waals surface area contributed by atoms with Crippen LogP contribution in [0.5, 0.6) is 0 Å². The lowest BCUT2D eigenvalue weighted by Crippen LogP contribution is -2.02. The lowest BCUT2D eigenvalue weighted by Gasteiger charge is -2.10. The summed E-state index contributed by atoms with van der Waals surface area (Å²) in [4.78, 5) is 7.91. The van der Waals surface area contributed by atoms with Crippen LogP contribution in [-0.4, -0.2) is 16.2 Å². The topological polar surface area (TPSA) is 137 Å². The quantitative estimate of drug-likeness (QED) is 0.289. The fraction of sp³-hybridized carbons (Fsp3) is 0.176. The van der Waals surface area contributed by atoms with Crippen LogP contribution in [0.2, 0.25) is 0 Å². The zero-order chi connectivity index (χ0) is 17.4. The fourth-order valence-electron chi connectivity index (χ4n) is 1.98. The highest BCUT2D eigenvalue weighted by molar-refractivity contribution is 5.89. The highest BCUT2D eigenvalue weighted by atomic mass is 15.1. The van der Waals surface area contributed by atoms with Gasteiger partial charge < -0.3 is 22.2 Å². The minimum absolute atomic E-state index is 0.167. The summed E-state index contributed by atoms with van der Waals surface area (Å²) in [5.41, 5.74) is 13.9. The van der Waals surface area contributed by atoms with Crippen molar-refractivity contribution in [2.24, 2.45) is 0 Å². The number of hydrogen-bond donors (Lipinski definition) is 4. The highest BCUT2D eigenvalue weighted by Gasteiger charge is 2.06. The van der Waals surface area contributed by atoms with Crippen LogP contribution in [0.1, 0.15) is 30.4 Å². The van der Waals surface area contributed by atoms with Crippen LogP contribution in [0.25, 0.3) is 0 Å². The van der Waals surface area contributed by atoms with E-state index < -0.39 is 0 Å². The van der Waals surface area contributed by atoms with Gasteiger partial charge in [0.15, 0.2) is 0 Å². The van der Waals surface area contributed by atoms with E-state index in [2.05, 4.69) is 33.2 Å². The molecule has 7 nitrogen and oxygen atoms in total. The minimum Gasteiger partial charge on any atom is -0.397 e. The first-order valence-electron chi connectivity index (χ1n) is 7.29. The van der Waals surface area contributed by atoms with Crippen molar-refractivity contribution in [1.82, 2.24) is 9.97 Å². The molecule has 0 aliphatic carbocycles. The summed E-state index contributed by atoms with van der Waals surface area (Å²) in [6, 6.07) is 7.29. The van der Waals surface area contributed by atoms with Crippen LogP contribution < -0.4 is 16.8 Å². The van der Waals surface area contributed by atoms with E-state index in [-0.39, 0.29) is 5.95 Å². The van der Waals surface area contributed by atoms with Gasteiger partial charge in [-0.25, -0.2) is 4.98 Å². The van der Waals surface area contributed by atoms with Gasteiger partial charge in [0.2, 0.25) is 5.95 Å². The SMILES string of the molecule is N#CCCCC#Cc1cc(Nc2ccnc(N)n2)cc(C=N)c1N. The fourth-order valence-corrected chi connectivity index (χ4v) is 1.98. The molecule has 7 heteroatoms. The van der Waals surface area contributed by atoms with Gasteiger partial charge in [-0.05, 0) is 24.6 Å². The predicted molar refractivity (Wildman–Crippen MR) is 94.8 cm³/mol. The molecule has 0 amide bonds. The van der Waals surface area contributed by atoms with Crippen LogP contribution in [0.3, 0.4) is 0 Å². The summed E-state index contributed by atoms with van der Waals surface area (Å²) in [7, 11) is 0. The number of hydrogen-bond acceptors (Lipinski definition) is 7. The summed E-state index contributed by atoms with van der Waals surface area (Å²) in [6.45, 7) is 0. The van der Waals surface area contributed by atoms with E-state index in [4.69, 9.17) is 22.1 Å². The Morgan fingerprint density at radius 1 is 1.29 bits per heavy atom. The molecule has 0 aliphatic heterocycles. The van der Waals surface area contributed by atoms with Gasteiger partial charge >= 0.3 is 0 Å². The molecule has 0 atom stereocenters. The third kappa shape index (κ3) is 4.46. The van der Waals surface area contributed by atoms with Crippen molar-refractivity contribution in [3.63, 3.8) is 0 Å². The monoisotopic (exact) mass is 319 g/mol. The summed E-state index contributed by atoms with van der Waals surface area (Å²) < 4.78 is 0. The number of nitriles is 1. The van der Waals surface area contributed by atoms with Gasteiger partial charge in [-0.15, -0.1) is 0 Å². The van der Waals surface area contributed by atoms with Crippen LogP contribution in [0, 0.1) is 28.6 Å². The maximum atomic E-state index is 8.52. The molecule has 24 heavy (non-hydrogen) atoms. The van der Waals surface area contributed by atoms with Gasteiger partial charge in [-0.2, -0.15) is 10.2 Å². The number of benzene rings is 1. The second kappa shape index (κ2) is 8.16. The molecule has 120 valence electrons. The third-order valence-electron chi connectivity index (χ3n) is 3.13.